The van der Waals surface area contributed by atoms with Crippen LogP contribution in [0.25, 0.3) is 0 Å². The van der Waals surface area contributed by atoms with Gasteiger partial charge < -0.3 is 10.2 Å². The SMILES string of the molecule is CCc1ccc(Cl)c(CC)c1NC(=O)N1CCN(Cc2cccnc2)CC1. The van der Waals surface area contributed by atoms with Crippen LogP contribution in [0.5, 0.6) is 0 Å². The van der Waals surface area contributed by atoms with Crippen molar-refractivity contribution in [2.75, 3.05) is 31.5 Å². The molecule has 0 unspecified atom stereocenters. The minimum absolute atomic E-state index is 0.0392. The highest BCUT2D eigenvalue weighted by Gasteiger charge is 2.22. The molecule has 0 bridgehead atoms. The van der Waals surface area contributed by atoms with E-state index >= 15 is 0 Å². The molecule has 1 aromatic heterocycles. The van der Waals surface area contributed by atoms with Crippen LogP contribution in [0.4, 0.5) is 10.5 Å². The van der Waals surface area contributed by atoms with Crippen LogP contribution in [-0.4, -0.2) is 47.0 Å². The van der Waals surface area contributed by atoms with Crippen LogP contribution in [0.15, 0.2) is 36.7 Å². The largest absolute Gasteiger partial charge is 0.322 e. The van der Waals surface area contributed by atoms with Gasteiger partial charge in [0.15, 0.2) is 0 Å². The van der Waals surface area contributed by atoms with Crippen molar-refractivity contribution >= 4 is 23.3 Å². The zero-order valence-electron chi connectivity index (χ0n) is 16.0. The third kappa shape index (κ3) is 4.79. The molecule has 0 atom stereocenters. The molecule has 2 aromatic rings. The van der Waals surface area contributed by atoms with Crippen LogP contribution >= 0.6 is 11.6 Å². The number of benzene rings is 1. The van der Waals surface area contributed by atoms with E-state index in [4.69, 9.17) is 11.6 Å². The number of hydrogen-bond donors (Lipinski definition) is 1. The average molecular weight is 387 g/mol. The fourth-order valence-electron chi connectivity index (χ4n) is 3.51. The van der Waals surface area contributed by atoms with E-state index in [9.17, 15) is 4.79 Å². The van der Waals surface area contributed by atoms with Gasteiger partial charge >= 0.3 is 6.03 Å². The van der Waals surface area contributed by atoms with Crippen LogP contribution in [0.2, 0.25) is 5.02 Å². The Bertz CT molecular complexity index is 773. The molecule has 0 saturated carbocycles. The molecule has 1 aromatic carbocycles. The molecule has 6 heteroatoms. The molecular weight excluding hydrogens is 360 g/mol. The van der Waals surface area contributed by atoms with Gasteiger partial charge in [0.25, 0.3) is 0 Å². The maximum atomic E-state index is 12.8. The molecular formula is C21H27ClN4O. The molecule has 1 saturated heterocycles. The van der Waals surface area contributed by atoms with Gasteiger partial charge in [-0.25, -0.2) is 4.79 Å². The van der Waals surface area contributed by atoms with Gasteiger partial charge in [-0.1, -0.05) is 37.6 Å². The molecule has 0 radical (unpaired) electrons. The fourth-order valence-corrected chi connectivity index (χ4v) is 3.80. The Morgan fingerprint density at radius 1 is 1.15 bits per heavy atom. The zero-order valence-corrected chi connectivity index (χ0v) is 16.8. The molecule has 5 nitrogen and oxygen atoms in total. The van der Waals surface area contributed by atoms with E-state index in [1.54, 1.807) is 6.20 Å². The van der Waals surface area contributed by atoms with Gasteiger partial charge in [0.05, 0.1) is 5.69 Å². The van der Waals surface area contributed by atoms with Crippen molar-refractivity contribution in [1.29, 1.82) is 0 Å². The number of halogens is 1. The number of rotatable bonds is 5. The summed E-state index contributed by atoms with van der Waals surface area (Å²) in [5.74, 6) is 0. The summed E-state index contributed by atoms with van der Waals surface area (Å²) in [4.78, 5) is 21.2. The number of nitrogens with one attached hydrogen (secondary N) is 1. The first-order valence-electron chi connectivity index (χ1n) is 9.59. The highest BCUT2D eigenvalue weighted by Crippen LogP contribution is 2.29. The minimum Gasteiger partial charge on any atom is -0.322 e. The predicted octanol–water partition coefficient (Wildman–Crippen LogP) is 4.21. The van der Waals surface area contributed by atoms with E-state index in [1.807, 2.05) is 29.3 Å². The van der Waals surface area contributed by atoms with Crippen molar-refractivity contribution in [2.45, 2.75) is 33.2 Å². The summed E-state index contributed by atoms with van der Waals surface area (Å²) < 4.78 is 0. The monoisotopic (exact) mass is 386 g/mol. The fraction of sp³-hybridized carbons (Fsp3) is 0.429. The Hall–Kier alpha value is -2.11. The van der Waals surface area contributed by atoms with E-state index in [0.29, 0.717) is 5.02 Å². The van der Waals surface area contributed by atoms with E-state index in [2.05, 4.69) is 35.1 Å². The maximum absolute atomic E-state index is 12.8. The molecule has 0 spiro atoms. The summed E-state index contributed by atoms with van der Waals surface area (Å²) in [7, 11) is 0. The number of carbonyl (C=O) groups excluding carboxylic acids is 1. The topological polar surface area (TPSA) is 48.5 Å². The number of carbonyl (C=O) groups is 1. The Morgan fingerprint density at radius 2 is 1.93 bits per heavy atom. The second kappa shape index (κ2) is 9.20. The van der Waals surface area contributed by atoms with Crippen LogP contribution in [0.3, 0.4) is 0 Å². The average Bonchev–Trinajstić information content (AvgIpc) is 2.70. The van der Waals surface area contributed by atoms with Crippen molar-refractivity contribution in [1.82, 2.24) is 14.8 Å². The number of piperazine rings is 1. The van der Waals surface area contributed by atoms with Crippen molar-refractivity contribution in [3.63, 3.8) is 0 Å². The molecule has 27 heavy (non-hydrogen) atoms. The third-order valence-electron chi connectivity index (χ3n) is 5.10. The second-order valence-electron chi connectivity index (χ2n) is 6.82. The van der Waals surface area contributed by atoms with Crippen molar-refractivity contribution < 1.29 is 4.79 Å². The number of anilines is 1. The molecule has 1 aliphatic heterocycles. The highest BCUT2D eigenvalue weighted by molar-refractivity contribution is 6.31. The summed E-state index contributed by atoms with van der Waals surface area (Å²) >= 11 is 6.35. The number of hydrogen-bond acceptors (Lipinski definition) is 3. The summed E-state index contributed by atoms with van der Waals surface area (Å²) in [6, 6.07) is 7.93. The van der Waals surface area contributed by atoms with Crippen LogP contribution in [0.1, 0.15) is 30.5 Å². The van der Waals surface area contributed by atoms with E-state index in [-0.39, 0.29) is 6.03 Å². The summed E-state index contributed by atoms with van der Waals surface area (Å²) in [6.45, 7) is 8.18. The molecule has 1 N–H and O–H groups in total. The lowest BCUT2D eigenvalue weighted by atomic mass is 10.0. The van der Waals surface area contributed by atoms with E-state index < -0.39 is 0 Å². The number of nitrogens with zero attached hydrogens (tertiary/aromatic N) is 3. The first-order valence-corrected chi connectivity index (χ1v) is 9.97. The Kier molecular flexibility index (Phi) is 6.69. The Labute approximate surface area is 166 Å². The zero-order chi connectivity index (χ0) is 19.2. The molecule has 3 rings (SSSR count). The van der Waals surface area contributed by atoms with Crippen LogP contribution in [0, 0.1) is 0 Å². The lowest BCUT2D eigenvalue weighted by molar-refractivity contribution is 0.143. The van der Waals surface area contributed by atoms with Gasteiger partial charge in [0.1, 0.15) is 0 Å². The highest BCUT2D eigenvalue weighted by atomic mass is 35.5. The van der Waals surface area contributed by atoms with Gasteiger partial charge in [-0.05, 0) is 41.7 Å². The molecule has 2 heterocycles. The van der Waals surface area contributed by atoms with Gasteiger partial charge in [-0.15, -0.1) is 0 Å². The third-order valence-corrected chi connectivity index (χ3v) is 5.45. The predicted molar refractivity (Wildman–Crippen MR) is 110 cm³/mol. The number of aryl methyl sites for hydroxylation is 1. The number of pyridine rings is 1. The number of urea groups is 1. The van der Waals surface area contributed by atoms with Crippen molar-refractivity contribution in [2.24, 2.45) is 0 Å². The number of amides is 2. The van der Waals surface area contributed by atoms with Crippen molar-refractivity contribution in [3.8, 4) is 0 Å². The normalized spacial score (nSPS) is 15.0. The summed E-state index contributed by atoms with van der Waals surface area (Å²) in [5.41, 5.74) is 4.23. The first kappa shape index (κ1) is 19.6. The Balaban J connectivity index is 1.61. The lowest BCUT2D eigenvalue weighted by Gasteiger charge is -2.35. The first-order chi connectivity index (χ1) is 13.1. The van der Waals surface area contributed by atoms with E-state index in [1.165, 1.54) is 5.56 Å². The molecule has 2 amide bonds. The van der Waals surface area contributed by atoms with Gasteiger partial charge in [-0.3, -0.25) is 9.88 Å². The smallest absolute Gasteiger partial charge is 0.321 e. The summed E-state index contributed by atoms with van der Waals surface area (Å²) in [6.07, 6.45) is 5.34. The molecule has 144 valence electrons. The molecule has 1 aliphatic rings. The van der Waals surface area contributed by atoms with Crippen LogP contribution < -0.4 is 5.32 Å². The van der Waals surface area contributed by atoms with Crippen molar-refractivity contribution in [3.05, 3.63) is 58.4 Å². The van der Waals surface area contributed by atoms with Gasteiger partial charge in [-0.2, -0.15) is 0 Å². The molecule has 1 fully saturated rings. The van der Waals surface area contributed by atoms with Gasteiger partial charge in [0.2, 0.25) is 0 Å². The van der Waals surface area contributed by atoms with Gasteiger partial charge in [0, 0.05) is 50.1 Å². The molecule has 0 aliphatic carbocycles. The second-order valence-corrected chi connectivity index (χ2v) is 7.23. The number of aromatic nitrogens is 1. The Morgan fingerprint density at radius 3 is 2.56 bits per heavy atom. The maximum Gasteiger partial charge on any atom is 0.321 e. The van der Waals surface area contributed by atoms with E-state index in [0.717, 1.165) is 62.4 Å². The standard InChI is InChI=1S/C21H27ClN4O/c1-3-17-7-8-19(22)18(4-2)20(17)24-21(27)26-12-10-25(11-13-26)15-16-6-5-9-23-14-16/h5-9,14H,3-4,10-13,15H2,1-2H3,(H,24,27). The quantitative estimate of drug-likeness (QED) is 0.837. The lowest BCUT2D eigenvalue weighted by Crippen LogP contribution is -2.49. The summed E-state index contributed by atoms with van der Waals surface area (Å²) in [5, 5.41) is 3.84. The van der Waals surface area contributed by atoms with Crippen LogP contribution in [-0.2, 0) is 19.4 Å². The minimum atomic E-state index is -0.0392.